The van der Waals surface area contributed by atoms with Crippen LogP contribution in [0.2, 0.25) is 0 Å². The monoisotopic (exact) mass is 252 g/mol. The number of hydrogen-bond acceptors (Lipinski definition) is 0. The molecule has 0 spiro atoms. The van der Waals surface area contributed by atoms with E-state index < -0.39 is 0 Å². The van der Waals surface area contributed by atoms with Gasteiger partial charge in [0.15, 0.2) is 0 Å². The second-order valence-electron chi connectivity index (χ2n) is 5.47. The Balaban J connectivity index is 1.92. The van der Waals surface area contributed by atoms with Gasteiger partial charge in [0.05, 0.1) is 0 Å². The highest BCUT2D eigenvalue weighted by Gasteiger charge is 2.00. The minimum atomic E-state index is 0.864. The lowest BCUT2D eigenvalue weighted by Crippen LogP contribution is -1.94. The number of benzene rings is 2. The minimum Gasteiger partial charge on any atom is -0.0651 e. The van der Waals surface area contributed by atoms with Crippen LogP contribution < -0.4 is 0 Å². The highest BCUT2D eigenvalue weighted by molar-refractivity contribution is 5.63. The zero-order valence-electron chi connectivity index (χ0n) is 12.1. The molecule has 0 saturated carbocycles. The van der Waals surface area contributed by atoms with E-state index in [2.05, 4.69) is 68.4 Å². The van der Waals surface area contributed by atoms with Gasteiger partial charge >= 0.3 is 0 Å². The molecule has 0 amide bonds. The summed E-state index contributed by atoms with van der Waals surface area (Å²) in [6, 6.07) is 19.6. The molecular weight excluding hydrogens is 228 g/mol. The fraction of sp³-hybridized carbons (Fsp3) is 0.368. The molecule has 0 fully saturated rings. The average molecular weight is 252 g/mol. The normalized spacial score (nSPS) is 12.3. The highest BCUT2D eigenvalue weighted by atomic mass is 14.1. The molecule has 2 aromatic rings. The molecule has 2 rings (SSSR count). The predicted octanol–water partition coefficient (Wildman–Crippen LogP) is 5.72. The molecule has 0 aliphatic carbocycles. The summed E-state index contributed by atoms with van der Waals surface area (Å²) >= 11 is 0. The topological polar surface area (TPSA) is 0 Å². The van der Waals surface area contributed by atoms with Gasteiger partial charge in [-0.1, -0.05) is 81.3 Å². The summed E-state index contributed by atoms with van der Waals surface area (Å²) in [5.41, 5.74) is 4.07. The Bertz CT molecular complexity index is 467. The Labute approximate surface area is 117 Å². The summed E-state index contributed by atoms with van der Waals surface area (Å²) in [4.78, 5) is 0. The van der Waals surface area contributed by atoms with Gasteiger partial charge in [0.25, 0.3) is 0 Å². The van der Waals surface area contributed by atoms with E-state index in [1.54, 1.807) is 0 Å². The SMILES string of the molecule is CCC(C)CCCc1ccc(-c2ccccc2)cc1. The molecule has 0 bridgehead atoms. The number of hydrogen-bond donors (Lipinski definition) is 0. The van der Waals surface area contributed by atoms with Crippen LogP contribution in [-0.2, 0) is 6.42 Å². The van der Waals surface area contributed by atoms with Crippen molar-refractivity contribution < 1.29 is 0 Å². The molecule has 0 aromatic heterocycles. The van der Waals surface area contributed by atoms with E-state index in [0.29, 0.717) is 0 Å². The van der Waals surface area contributed by atoms with E-state index in [0.717, 1.165) is 5.92 Å². The summed E-state index contributed by atoms with van der Waals surface area (Å²) in [6.45, 7) is 4.62. The summed E-state index contributed by atoms with van der Waals surface area (Å²) in [6.07, 6.45) is 5.16. The van der Waals surface area contributed by atoms with Crippen molar-refractivity contribution >= 4 is 0 Å². The first-order valence-electron chi connectivity index (χ1n) is 7.44. The number of aryl methyl sites for hydroxylation is 1. The maximum atomic E-state index is 2.35. The van der Waals surface area contributed by atoms with E-state index in [1.807, 2.05) is 0 Å². The summed E-state index contributed by atoms with van der Waals surface area (Å²) in [5, 5.41) is 0. The van der Waals surface area contributed by atoms with Crippen molar-refractivity contribution in [1.29, 1.82) is 0 Å². The van der Waals surface area contributed by atoms with Gasteiger partial charge in [0.2, 0.25) is 0 Å². The molecule has 0 aliphatic heterocycles. The van der Waals surface area contributed by atoms with Crippen LogP contribution in [0.15, 0.2) is 54.6 Å². The summed E-state index contributed by atoms with van der Waals surface area (Å²) in [5.74, 6) is 0.864. The van der Waals surface area contributed by atoms with E-state index >= 15 is 0 Å². The third-order valence-electron chi connectivity index (χ3n) is 3.92. The average Bonchev–Trinajstić information content (AvgIpc) is 2.48. The van der Waals surface area contributed by atoms with Crippen molar-refractivity contribution in [2.24, 2.45) is 5.92 Å². The first kappa shape index (κ1) is 13.9. The molecule has 0 heteroatoms. The largest absolute Gasteiger partial charge is 0.0651 e. The molecule has 1 unspecified atom stereocenters. The molecule has 100 valence electrons. The van der Waals surface area contributed by atoms with Crippen molar-refractivity contribution in [3.63, 3.8) is 0 Å². The van der Waals surface area contributed by atoms with Crippen LogP contribution in [0.1, 0.15) is 38.7 Å². The fourth-order valence-electron chi connectivity index (χ4n) is 2.35. The predicted molar refractivity (Wildman–Crippen MR) is 84.3 cm³/mol. The van der Waals surface area contributed by atoms with Crippen molar-refractivity contribution in [1.82, 2.24) is 0 Å². The Hall–Kier alpha value is -1.56. The van der Waals surface area contributed by atoms with Gasteiger partial charge in [-0.2, -0.15) is 0 Å². The van der Waals surface area contributed by atoms with Crippen molar-refractivity contribution in [2.75, 3.05) is 0 Å². The first-order valence-corrected chi connectivity index (χ1v) is 7.44. The van der Waals surface area contributed by atoms with Gasteiger partial charge in [-0.25, -0.2) is 0 Å². The molecule has 0 radical (unpaired) electrons. The standard InChI is InChI=1S/C19H24/c1-3-16(2)8-7-9-17-12-14-19(15-13-17)18-10-5-4-6-11-18/h4-6,10-16H,3,7-9H2,1-2H3. The van der Waals surface area contributed by atoms with E-state index in [4.69, 9.17) is 0 Å². The Kier molecular flexibility index (Phi) is 5.20. The van der Waals surface area contributed by atoms with Gasteiger partial charge in [-0.15, -0.1) is 0 Å². The van der Waals surface area contributed by atoms with Gasteiger partial charge < -0.3 is 0 Å². The lowest BCUT2D eigenvalue weighted by Gasteiger charge is -2.08. The molecule has 0 heterocycles. The van der Waals surface area contributed by atoms with Gasteiger partial charge in [0.1, 0.15) is 0 Å². The second kappa shape index (κ2) is 7.13. The Morgan fingerprint density at radius 2 is 1.47 bits per heavy atom. The lowest BCUT2D eigenvalue weighted by molar-refractivity contribution is 0.496. The molecule has 2 aromatic carbocycles. The third kappa shape index (κ3) is 4.24. The van der Waals surface area contributed by atoms with Crippen LogP contribution in [0.5, 0.6) is 0 Å². The Morgan fingerprint density at radius 3 is 2.11 bits per heavy atom. The lowest BCUT2D eigenvalue weighted by atomic mass is 9.98. The second-order valence-corrected chi connectivity index (χ2v) is 5.47. The molecule has 0 aliphatic rings. The molecule has 0 nitrogen and oxygen atoms in total. The fourth-order valence-corrected chi connectivity index (χ4v) is 2.35. The van der Waals surface area contributed by atoms with Crippen molar-refractivity contribution in [3.8, 4) is 11.1 Å². The quantitative estimate of drug-likeness (QED) is 0.616. The van der Waals surface area contributed by atoms with Crippen molar-refractivity contribution in [2.45, 2.75) is 39.5 Å². The molecule has 19 heavy (non-hydrogen) atoms. The van der Waals surface area contributed by atoms with Crippen LogP contribution in [0.3, 0.4) is 0 Å². The van der Waals surface area contributed by atoms with Crippen molar-refractivity contribution in [3.05, 3.63) is 60.2 Å². The van der Waals surface area contributed by atoms with Gasteiger partial charge in [-0.3, -0.25) is 0 Å². The minimum absolute atomic E-state index is 0.864. The summed E-state index contributed by atoms with van der Waals surface area (Å²) in [7, 11) is 0. The van der Waals surface area contributed by atoms with E-state index in [9.17, 15) is 0 Å². The molecular formula is C19H24. The van der Waals surface area contributed by atoms with Gasteiger partial charge in [0, 0.05) is 0 Å². The van der Waals surface area contributed by atoms with Crippen LogP contribution in [0, 0.1) is 5.92 Å². The van der Waals surface area contributed by atoms with E-state index in [-0.39, 0.29) is 0 Å². The van der Waals surface area contributed by atoms with Gasteiger partial charge in [-0.05, 0) is 35.4 Å². The highest BCUT2D eigenvalue weighted by Crippen LogP contribution is 2.20. The van der Waals surface area contributed by atoms with Crippen LogP contribution in [0.4, 0.5) is 0 Å². The summed E-state index contributed by atoms with van der Waals surface area (Å²) < 4.78 is 0. The van der Waals surface area contributed by atoms with Crippen LogP contribution in [-0.4, -0.2) is 0 Å². The Morgan fingerprint density at radius 1 is 0.842 bits per heavy atom. The maximum absolute atomic E-state index is 2.35. The van der Waals surface area contributed by atoms with Crippen LogP contribution in [0.25, 0.3) is 11.1 Å². The number of rotatable bonds is 6. The third-order valence-corrected chi connectivity index (χ3v) is 3.92. The smallest absolute Gasteiger partial charge is 0.0184 e. The van der Waals surface area contributed by atoms with Crippen LogP contribution >= 0.6 is 0 Å². The van der Waals surface area contributed by atoms with E-state index in [1.165, 1.54) is 42.4 Å². The molecule has 1 atom stereocenters. The molecule has 0 saturated heterocycles. The maximum Gasteiger partial charge on any atom is -0.0184 e. The molecule has 0 N–H and O–H groups in total. The first-order chi connectivity index (χ1) is 9.29. The zero-order valence-corrected chi connectivity index (χ0v) is 12.1. The zero-order chi connectivity index (χ0) is 13.5.